The number of morpholine rings is 1. The first-order valence-electron chi connectivity index (χ1n) is 24.0. The van der Waals surface area contributed by atoms with Gasteiger partial charge in [0.1, 0.15) is 24.2 Å². The Morgan fingerprint density at radius 3 is 2.57 bits per heavy atom. The number of alkyl halides is 2. The van der Waals surface area contributed by atoms with E-state index in [1.807, 2.05) is 12.1 Å². The molecule has 2 unspecified atom stereocenters. The predicted molar refractivity (Wildman–Crippen MR) is 260 cm³/mol. The van der Waals surface area contributed by atoms with E-state index in [9.17, 15) is 51.9 Å². The lowest BCUT2D eigenvalue weighted by molar-refractivity contribution is -0.150. The van der Waals surface area contributed by atoms with Crippen LogP contribution in [0.2, 0.25) is 0 Å². The maximum atomic E-state index is 14.8. The van der Waals surface area contributed by atoms with Gasteiger partial charge in [-0.05, 0) is 72.0 Å². The third kappa shape index (κ3) is 11.5. The van der Waals surface area contributed by atoms with Crippen LogP contribution in [0.15, 0.2) is 67.0 Å². The van der Waals surface area contributed by atoms with E-state index in [-0.39, 0.29) is 73.5 Å². The second kappa shape index (κ2) is 21.6. The topological polar surface area (TPSA) is 225 Å². The molecule has 4 aliphatic rings. The number of nitrogens with zero attached hydrogens (tertiary/aromatic N) is 4. The molecule has 0 bridgehead atoms. The minimum Gasteiger partial charge on any atom is -0.376 e. The van der Waals surface area contributed by atoms with E-state index in [0.717, 1.165) is 59.4 Å². The summed E-state index contributed by atoms with van der Waals surface area (Å²) in [5.41, 5.74) is -3.39. The van der Waals surface area contributed by atoms with Crippen LogP contribution in [0.3, 0.4) is 0 Å². The van der Waals surface area contributed by atoms with Crippen LogP contribution in [0.4, 0.5) is 8.78 Å². The smallest absolute Gasteiger partial charge is 0.376 e. The van der Waals surface area contributed by atoms with Crippen molar-refractivity contribution in [2.45, 2.75) is 115 Å². The highest BCUT2D eigenvalue weighted by molar-refractivity contribution is 7.52. The van der Waals surface area contributed by atoms with Crippen LogP contribution in [-0.2, 0) is 45.4 Å². The van der Waals surface area contributed by atoms with Crippen molar-refractivity contribution in [3.05, 3.63) is 99.7 Å². The molecule has 0 aliphatic carbocycles. The van der Waals surface area contributed by atoms with E-state index in [0.29, 0.717) is 36.3 Å². The third-order valence-electron chi connectivity index (χ3n) is 13.5. The summed E-state index contributed by atoms with van der Waals surface area (Å²) in [6.07, 6.45) is 6.95. The molecule has 6 amide bonds. The number of benzene rings is 2. The summed E-state index contributed by atoms with van der Waals surface area (Å²) in [5.74, 6) is 3.94. The van der Waals surface area contributed by atoms with Gasteiger partial charge in [-0.3, -0.25) is 43.6 Å². The van der Waals surface area contributed by atoms with Gasteiger partial charge in [-0.1, -0.05) is 63.7 Å². The van der Waals surface area contributed by atoms with Crippen LogP contribution >= 0.6 is 18.9 Å². The molecule has 0 radical (unpaired) electrons. The van der Waals surface area contributed by atoms with E-state index in [1.165, 1.54) is 21.9 Å². The molecule has 3 fully saturated rings. The molecule has 382 valence electrons. The maximum absolute atomic E-state index is 14.8. The molecule has 0 saturated carbocycles. The quantitative estimate of drug-likeness (QED) is 0.0465. The lowest BCUT2D eigenvalue weighted by Crippen LogP contribution is -2.58. The average Bonchev–Trinajstić information content (AvgIpc) is 4.07. The molecular formula is C51H57F2N6O11PS. The number of ether oxygens (including phenoxy) is 2. The number of amides is 6. The number of imide groups is 1. The number of carbonyl (C=O) groups is 6. The lowest BCUT2D eigenvalue weighted by Gasteiger charge is -2.38. The van der Waals surface area contributed by atoms with Gasteiger partial charge in [-0.2, -0.15) is 8.78 Å². The molecule has 8 rings (SSSR count). The number of thiophene rings is 1. The molecule has 72 heavy (non-hydrogen) atoms. The monoisotopic (exact) mass is 1030 g/mol. The molecule has 0 spiro atoms. The predicted octanol–water partition coefficient (Wildman–Crippen LogP) is 6.02. The van der Waals surface area contributed by atoms with Crippen LogP contribution in [-0.4, -0.2) is 122 Å². The maximum Gasteiger partial charge on any atom is 0.399 e. The molecule has 2 aromatic heterocycles. The fourth-order valence-corrected chi connectivity index (χ4v) is 11.0. The summed E-state index contributed by atoms with van der Waals surface area (Å²) in [5, 5.41) is 5.34. The van der Waals surface area contributed by atoms with Gasteiger partial charge in [0.25, 0.3) is 11.8 Å². The highest BCUT2D eigenvalue weighted by atomic mass is 32.1. The highest BCUT2D eigenvalue weighted by Crippen LogP contribution is 2.59. The van der Waals surface area contributed by atoms with E-state index in [2.05, 4.69) is 27.5 Å². The number of fused-ring (bicyclic) bond motifs is 2. The molecule has 6 heterocycles. The average molecular weight is 1030 g/mol. The number of likely N-dealkylation sites (tertiary alicyclic amines) is 1. The Bertz CT molecular complexity index is 2860. The van der Waals surface area contributed by atoms with Crippen LogP contribution in [0.1, 0.15) is 121 Å². The van der Waals surface area contributed by atoms with Crippen LogP contribution in [0.5, 0.6) is 0 Å². The van der Waals surface area contributed by atoms with Gasteiger partial charge in [-0.25, -0.2) is 0 Å². The minimum atomic E-state index is -5.84. The van der Waals surface area contributed by atoms with Crippen molar-refractivity contribution < 1.29 is 61.4 Å². The van der Waals surface area contributed by atoms with E-state index in [1.54, 1.807) is 56.3 Å². The molecule has 3 saturated heterocycles. The number of nitrogens with one attached hydrogen (secondary N) is 2. The number of hydrogen-bond donors (Lipinski definition) is 4. The number of aromatic nitrogens is 1. The second-order valence-electron chi connectivity index (χ2n) is 19.6. The Labute approximate surface area is 419 Å². The Hall–Kier alpha value is -5.94. The zero-order valence-electron chi connectivity index (χ0n) is 40.1. The summed E-state index contributed by atoms with van der Waals surface area (Å²) in [4.78, 5) is 108. The summed E-state index contributed by atoms with van der Waals surface area (Å²) in [7, 11) is -5.84. The van der Waals surface area contributed by atoms with Crippen molar-refractivity contribution >= 4 is 64.5 Å². The van der Waals surface area contributed by atoms with Crippen LogP contribution < -0.4 is 10.6 Å². The summed E-state index contributed by atoms with van der Waals surface area (Å²) >= 11 is 0.968. The van der Waals surface area contributed by atoms with Crippen LogP contribution in [0.25, 0.3) is 10.1 Å². The fourth-order valence-electron chi connectivity index (χ4n) is 9.53. The van der Waals surface area contributed by atoms with Gasteiger partial charge in [0.2, 0.25) is 23.6 Å². The first-order chi connectivity index (χ1) is 34.2. The van der Waals surface area contributed by atoms with E-state index >= 15 is 0 Å². The van der Waals surface area contributed by atoms with Gasteiger partial charge in [-0.15, -0.1) is 11.3 Å². The number of halogens is 2. The first-order valence-corrected chi connectivity index (χ1v) is 26.4. The van der Waals surface area contributed by atoms with Crippen molar-refractivity contribution in [1.82, 2.24) is 30.3 Å². The van der Waals surface area contributed by atoms with Crippen molar-refractivity contribution in [2.75, 3.05) is 32.8 Å². The Balaban J connectivity index is 0.891. The number of piperidine rings is 1. The van der Waals surface area contributed by atoms with Gasteiger partial charge in [0, 0.05) is 84.9 Å². The standard InChI is InChI=1S/C51H57F2N6O11PS/c1-50(2,3)44(56-46(62)42-25-33-24-34(16-18-41(33)72-42)51(52,53)71(66,67)68)49(65)58-28-35(26-39(58)48(64)57-21-23-70-40(30-57)32-14-11-20-54-27-32)69-22-9-7-5-4-6-8-12-31-13-10-15-36-37(31)29-59(47(36)63)38-17-19-43(60)55-45(38)61/h10-11,13-16,18,20,24-25,27,35,38-40,44H,4-7,9,17,19,21-23,26,28-30H2,1-3H3,(H,56,62)(H,55,60,61)(H2,66,67,68)/t35-,38?,39-,40?,44+/m0/s1. The Kier molecular flexibility index (Phi) is 15.7. The highest BCUT2D eigenvalue weighted by Gasteiger charge is 2.51. The molecule has 4 N–H and O–H groups in total. The second-order valence-corrected chi connectivity index (χ2v) is 22.3. The normalized spacial score (nSPS) is 21.0. The first kappa shape index (κ1) is 52.4. The van der Waals surface area contributed by atoms with Crippen molar-refractivity contribution in [2.24, 2.45) is 5.41 Å². The zero-order valence-corrected chi connectivity index (χ0v) is 41.8. The number of carbonyl (C=O) groups excluding carboxylic acids is 6. The molecule has 4 aromatic rings. The summed E-state index contributed by atoms with van der Waals surface area (Å²) < 4.78 is 53.5. The SMILES string of the molecule is CC(C)(C)[C@H](NC(=O)c1cc2cc(C(F)(F)P(=O)(O)O)ccc2s1)C(=O)N1C[C@@H](OCCCCCCC#Cc2cccc3c2CN(C2CCC(=O)NC2=O)C3=O)C[C@H]1C(=O)N1CCOC(c2cccnc2)C1. The fraction of sp³-hybridized carbons (Fsp3) is 0.471. The minimum absolute atomic E-state index is 0.0814. The number of unbranched alkanes of at least 4 members (excludes halogenated alkanes) is 4. The van der Waals surface area contributed by atoms with Crippen molar-refractivity contribution in [1.29, 1.82) is 0 Å². The summed E-state index contributed by atoms with van der Waals surface area (Å²) in [6, 6.07) is 10.7. The largest absolute Gasteiger partial charge is 0.399 e. The Morgan fingerprint density at radius 2 is 1.83 bits per heavy atom. The Morgan fingerprint density at radius 1 is 1.04 bits per heavy atom. The van der Waals surface area contributed by atoms with Gasteiger partial charge < -0.3 is 39.3 Å². The number of pyridine rings is 1. The van der Waals surface area contributed by atoms with Gasteiger partial charge in [0.05, 0.1) is 24.1 Å². The molecule has 17 nitrogen and oxygen atoms in total. The zero-order chi connectivity index (χ0) is 51.5. The van der Waals surface area contributed by atoms with E-state index in [4.69, 9.17) is 9.47 Å². The van der Waals surface area contributed by atoms with E-state index < -0.39 is 72.3 Å². The van der Waals surface area contributed by atoms with Crippen molar-refractivity contribution in [3.63, 3.8) is 0 Å². The molecule has 4 aliphatic heterocycles. The molecule has 2 aromatic carbocycles. The lowest BCUT2D eigenvalue weighted by atomic mass is 9.85. The number of rotatable bonds is 15. The van der Waals surface area contributed by atoms with Crippen LogP contribution in [0, 0.1) is 17.3 Å². The molecule has 21 heteroatoms. The molecular weight excluding hydrogens is 974 g/mol. The number of hydrogen-bond acceptors (Lipinski definition) is 11. The molecule has 5 atom stereocenters. The van der Waals surface area contributed by atoms with Gasteiger partial charge in [0.15, 0.2) is 0 Å². The van der Waals surface area contributed by atoms with Gasteiger partial charge >= 0.3 is 13.3 Å². The summed E-state index contributed by atoms with van der Waals surface area (Å²) in [6.45, 7) is 6.85. The third-order valence-corrected chi connectivity index (χ3v) is 15.6. The van der Waals surface area contributed by atoms with Crippen molar-refractivity contribution in [3.8, 4) is 11.8 Å².